The number of hydrogen-bond donors (Lipinski definition) is 0. The Morgan fingerprint density at radius 2 is 1.85 bits per heavy atom. The number of hydrogen-bond acceptors (Lipinski definition) is 4. The van der Waals surface area contributed by atoms with Crippen LogP contribution >= 0.6 is 23.2 Å². The maximum atomic E-state index is 11.6. The van der Waals surface area contributed by atoms with Crippen LogP contribution in [-0.4, -0.2) is 47.8 Å². The van der Waals surface area contributed by atoms with Crippen molar-refractivity contribution in [2.45, 2.75) is 0 Å². The number of urea groups is 1. The lowest BCUT2D eigenvalue weighted by Crippen LogP contribution is -2.35. The van der Waals surface area contributed by atoms with E-state index in [2.05, 4.69) is 0 Å². The van der Waals surface area contributed by atoms with E-state index >= 15 is 0 Å². The number of carbonyl (C=O) groups is 3. The second-order valence-electron chi connectivity index (χ2n) is 4.03. The lowest BCUT2D eigenvalue weighted by Gasteiger charge is -2.14. The summed E-state index contributed by atoms with van der Waals surface area (Å²) >= 11 is 11.7. The zero-order valence-corrected chi connectivity index (χ0v) is 11.9. The molecule has 1 aromatic rings. The molecule has 1 aliphatic rings. The third kappa shape index (κ3) is 2.71. The number of nitrogens with zero attached hydrogens (tertiary/aromatic N) is 2. The van der Waals surface area contributed by atoms with Crippen LogP contribution < -0.4 is 4.74 Å². The molecule has 0 radical (unpaired) electrons. The molecule has 0 aromatic heterocycles. The molecule has 2 rings (SSSR count). The van der Waals surface area contributed by atoms with Crippen molar-refractivity contribution in [3.05, 3.63) is 28.2 Å². The molecule has 6 nitrogen and oxygen atoms in total. The minimum absolute atomic E-state index is 0.0277. The van der Waals surface area contributed by atoms with E-state index in [1.807, 2.05) is 0 Å². The van der Waals surface area contributed by atoms with Crippen molar-refractivity contribution in [1.29, 1.82) is 0 Å². The molecular formula is C12H10Cl2N2O4. The van der Waals surface area contributed by atoms with E-state index in [1.165, 1.54) is 13.1 Å². The van der Waals surface area contributed by atoms with Crippen LogP contribution in [0.25, 0.3) is 0 Å². The van der Waals surface area contributed by atoms with Crippen LogP contribution in [0.4, 0.5) is 4.79 Å². The lowest BCUT2D eigenvalue weighted by molar-refractivity contribution is -0.142. The summed E-state index contributed by atoms with van der Waals surface area (Å²) in [6, 6.07) is 4.04. The van der Waals surface area contributed by atoms with Crippen LogP contribution in [0, 0.1) is 0 Å². The van der Waals surface area contributed by atoms with Crippen LogP contribution in [0.2, 0.25) is 10.0 Å². The quantitative estimate of drug-likeness (QED) is 0.627. The minimum Gasteiger partial charge on any atom is -0.490 e. The van der Waals surface area contributed by atoms with Crippen LogP contribution in [0.15, 0.2) is 18.2 Å². The Labute approximate surface area is 124 Å². The molecule has 1 heterocycles. The fourth-order valence-corrected chi connectivity index (χ4v) is 2.11. The predicted octanol–water partition coefficient (Wildman–Crippen LogP) is 1.79. The van der Waals surface area contributed by atoms with Gasteiger partial charge in [0.15, 0.2) is 0 Å². The highest BCUT2D eigenvalue weighted by atomic mass is 35.5. The largest absolute Gasteiger partial charge is 0.490 e. The molecule has 8 heteroatoms. The van der Waals surface area contributed by atoms with Gasteiger partial charge in [0.2, 0.25) is 0 Å². The van der Waals surface area contributed by atoms with E-state index in [0.29, 0.717) is 15.8 Å². The Morgan fingerprint density at radius 3 is 2.40 bits per heavy atom. The number of imide groups is 2. The first-order valence-electron chi connectivity index (χ1n) is 5.63. The first kappa shape index (κ1) is 14.6. The summed E-state index contributed by atoms with van der Waals surface area (Å²) in [4.78, 5) is 36.0. The summed E-state index contributed by atoms with van der Waals surface area (Å²) in [6.07, 6.45) is 0. The fraction of sp³-hybridized carbons (Fsp3) is 0.250. The molecular weight excluding hydrogens is 307 g/mol. The summed E-state index contributed by atoms with van der Waals surface area (Å²) in [6.45, 7) is -0.00729. The minimum atomic E-state index is -0.858. The third-order valence-corrected chi connectivity index (χ3v) is 3.25. The van der Waals surface area contributed by atoms with Gasteiger partial charge in [-0.15, -0.1) is 0 Å². The Kier molecular flexibility index (Phi) is 4.15. The number of halogens is 2. The van der Waals surface area contributed by atoms with Crippen molar-refractivity contribution in [2.24, 2.45) is 0 Å². The van der Waals surface area contributed by atoms with E-state index in [9.17, 15) is 14.4 Å². The number of ether oxygens (including phenoxy) is 1. The number of carbonyl (C=O) groups excluding carboxylic acids is 3. The highest BCUT2D eigenvalue weighted by Gasteiger charge is 2.41. The zero-order valence-electron chi connectivity index (χ0n) is 10.4. The molecule has 4 amide bonds. The second kappa shape index (κ2) is 5.68. The van der Waals surface area contributed by atoms with Crippen LogP contribution in [0.1, 0.15) is 0 Å². The topological polar surface area (TPSA) is 66.9 Å². The Hall–Kier alpha value is -1.79. The molecule has 0 bridgehead atoms. The van der Waals surface area contributed by atoms with Gasteiger partial charge in [-0.3, -0.25) is 19.4 Å². The monoisotopic (exact) mass is 316 g/mol. The Morgan fingerprint density at radius 1 is 1.15 bits per heavy atom. The molecule has 0 aliphatic carbocycles. The third-order valence-electron chi connectivity index (χ3n) is 2.72. The van der Waals surface area contributed by atoms with Gasteiger partial charge >= 0.3 is 17.8 Å². The SMILES string of the molecule is CN1C(=O)C(=O)N(CCOc2ccc(Cl)cc2Cl)C1=O. The molecule has 0 spiro atoms. The first-order valence-corrected chi connectivity index (χ1v) is 6.38. The van der Waals surface area contributed by atoms with Crippen molar-refractivity contribution in [1.82, 2.24) is 9.80 Å². The van der Waals surface area contributed by atoms with Gasteiger partial charge in [0.05, 0.1) is 11.6 Å². The van der Waals surface area contributed by atoms with Gasteiger partial charge in [0.1, 0.15) is 12.4 Å². The van der Waals surface area contributed by atoms with Crippen molar-refractivity contribution in [2.75, 3.05) is 20.2 Å². The molecule has 106 valence electrons. The van der Waals surface area contributed by atoms with Crippen molar-refractivity contribution < 1.29 is 19.1 Å². The molecule has 20 heavy (non-hydrogen) atoms. The van der Waals surface area contributed by atoms with Gasteiger partial charge in [-0.2, -0.15) is 0 Å². The standard InChI is InChI=1S/C12H10Cl2N2O4/c1-15-10(17)11(18)16(12(15)19)4-5-20-9-3-2-7(13)6-8(9)14/h2-3,6H,4-5H2,1H3. The van der Waals surface area contributed by atoms with Gasteiger partial charge in [0.25, 0.3) is 0 Å². The highest BCUT2D eigenvalue weighted by Crippen LogP contribution is 2.27. The predicted molar refractivity (Wildman–Crippen MR) is 71.8 cm³/mol. The van der Waals surface area contributed by atoms with Gasteiger partial charge in [-0.05, 0) is 18.2 Å². The van der Waals surface area contributed by atoms with E-state index in [-0.39, 0.29) is 13.2 Å². The molecule has 1 fully saturated rings. The average Bonchev–Trinajstić information content (AvgIpc) is 2.58. The van der Waals surface area contributed by atoms with Gasteiger partial charge in [0, 0.05) is 12.1 Å². The number of benzene rings is 1. The first-order chi connectivity index (χ1) is 9.41. The molecule has 1 saturated heterocycles. The number of likely N-dealkylation sites (N-methyl/N-ethyl adjacent to an activating group) is 1. The van der Waals surface area contributed by atoms with E-state index in [4.69, 9.17) is 27.9 Å². The average molecular weight is 317 g/mol. The number of rotatable bonds is 4. The normalized spacial score (nSPS) is 15.2. The summed E-state index contributed by atoms with van der Waals surface area (Å²) in [5, 5.41) is 0.796. The number of amides is 4. The summed E-state index contributed by atoms with van der Waals surface area (Å²) < 4.78 is 5.35. The molecule has 0 N–H and O–H groups in total. The molecule has 1 aliphatic heterocycles. The lowest BCUT2D eigenvalue weighted by atomic mass is 10.3. The maximum Gasteiger partial charge on any atom is 0.334 e. The van der Waals surface area contributed by atoms with Crippen molar-refractivity contribution >= 4 is 41.0 Å². The maximum absolute atomic E-state index is 11.6. The zero-order chi connectivity index (χ0) is 14.9. The van der Waals surface area contributed by atoms with Crippen molar-refractivity contribution in [3.63, 3.8) is 0 Å². The highest BCUT2D eigenvalue weighted by molar-refractivity contribution is 6.44. The van der Waals surface area contributed by atoms with Gasteiger partial charge in [-0.25, -0.2) is 4.79 Å². The molecule has 0 saturated carbocycles. The van der Waals surface area contributed by atoms with E-state index in [0.717, 1.165) is 9.80 Å². The fourth-order valence-electron chi connectivity index (χ4n) is 1.65. The Bertz CT molecular complexity index is 591. The Balaban J connectivity index is 1.95. The summed E-state index contributed by atoms with van der Waals surface area (Å²) in [7, 11) is 1.25. The molecule has 0 atom stereocenters. The van der Waals surface area contributed by atoms with Crippen LogP contribution in [0.3, 0.4) is 0 Å². The van der Waals surface area contributed by atoms with Crippen LogP contribution in [-0.2, 0) is 9.59 Å². The van der Waals surface area contributed by atoms with Crippen molar-refractivity contribution in [3.8, 4) is 5.75 Å². The smallest absolute Gasteiger partial charge is 0.334 e. The van der Waals surface area contributed by atoms with Crippen LogP contribution in [0.5, 0.6) is 5.75 Å². The summed E-state index contributed by atoms with van der Waals surface area (Å²) in [5.41, 5.74) is 0. The molecule has 0 unspecified atom stereocenters. The van der Waals surface area contributed by atoms with E-state index < -0.39 is 17.8 Å². The summed E-state index contributed by atoms with van der Waals surface area (Å²) in [5.74, 6) is -1.32. The van der Waals surface area contributed by atoms with E-state index in [1.54, 1.807) is 12.1 Å². The van der Waals surface area contributed by atoms with Gasteiger partial charge in [-0.1, -0.05) is 23.2 Å². The molecule has 1 aromatic carbocycles. The second-order valence-corrected chi connectivity index (χ2v) is 4.87. The van der Waals surface area contributed by atoms with Gasteiger partial charge < -0.3 is 4.74 Å².